The van der Waals surface area contributed by atoms with Crippen LogP contribution in [0.1, 0.15) is 40.2 Å². The number of amides is 1. The van der Waals surface area contributed by atoms with E-state index in [1.54, 1.807) is 25.3 Å². The first kappa shape index (κ1) is 23.3. The van der Waals surface area contributed by atoms with E-state index in [0.717, 1.165) is 0 Å². The Bertz CT molecular complexity index is 936. The van der Waals surface area contributed by atoms with Gasteiger partial charge in [0.05, 0.1) is 14.2 Å². The summed E-state index contributed by atoms with van der Waals surface area (Å²) in [6.45, 7) is 9.61. The highest BCUT2D eigenvalue weighted by atomic mass is 19.1. The summed E-state index contributed by atoms with van der Waals surface area (Å²) in [6, 6.07) is 8.76. The zero-order chi connectivity index (χ0) is 22.4. The van der Waals surface area contributed by atoms with Gasteiger partial charge >= 0.3 is 0 Å². The van der Waals surface area contributed by atoms with E-state index in [2.05, 4.69) is 10.6 Å². The van der Waals surface area contributed by atoms with Crippen molar-refractivity contribution >= 4 is 17.2 Å². The number of anilines is 1. The Labute approximate surface area is 178 Å². The maximum atomic E-state index is 14.9. The Kier molecular flexibility index (Phi) is 7.86. The molecule has 0 spiro atoms. The lowest BCUT2D eigenvalue weighted by Gasteiger charge is -2.17. The van der Waals surface area contributed by atoms with Gasteiger partial charge in [-0.25, -0.2) is 4.39 Å². The number of nitrogens with one attached hydrogen (secondary N) is 2. The molecule has 2 aromatic rings. The second-order valence-corrected chi connectivity index (χ2v) is 7.74. The second-order valence-electron chi connectivity index (χ2n) is 7.74. The number of methoxy groups -OCH3 is 2. The molecule has 5 nitrogen and oxygen atoms in total. The standard InChI is InChI=1S/C24H31FN2O3/c1-14(2)26-17-8-9-18(21(25)11-17)20-13-22(29-6)19(12-23(20)30-7)16(5)10-24(28)27-15(3)4/h8-15,26H,1-7H3,(H,27,28)/b16-10+. The van der Waals surface area contributed by atoms with Crippen molar-refractivity contribution in [3.63, 3.8) is 0 Å². The molecule has 0 bridgehead atoms. The average molecular weight is 415 g/mol. The first-order chi connectivity index (χ1) is 14.2. The van der Waals surface area contributed by atoms with Gasteiger partial charge in [0.2, 0.25) is 5.91 Å². The minimum absolute atomic E-state index is 0.0384. The Hall–Kier alpha value is -3.02. The molecular weight excluding hydrogens is 383 g/mol. The third kappa shape index (κ3) is 5.75. The fourth-order valence-electron chi connectivity index (χ4n) is 3.17. The highest BCUT2D eigenvalue weighted by molar-refractivity contribution is 5.96. The first-order valence-electron chi connectivity index (χ1n) is 9.97. The number of ether oxygens (including phenoxy) is 2. The zero-order valence-electron chi connectivity index (χ0n) is 18.7. The van der Waals surface area contributed by atoms with Gasteiger partial charge in [-0.1, -0.05) is 0 Å². The number of hydrogen-bond donors (Lipinski definition) is 2. The molecule has 1 amide bonds. The zero-order valence-corrected chi connectivity index (χ0v) is 18.7. The predicted octanol–water partition coefficient (Wildman–Crippen LogP) is 5.26. The van der Waals surface area contributed by atoms with Crippen LogP contribution < -0.4 is 20.1 Å². The van der Waals surface area contributed by atoms with Gasteiger partial charge < -0.3 is 20.1 Å². The molecule has 2 aromatic carbocycles. The lowest BCUT2D eigenvalue weighted by Crippen LogP contribution is -2.28. The summed E-state index contributed by atoms with van der Waals surface area (Å²) in [6.07, 6.45) is 1.52. The summed E-state index contributed by atoms with van der Waals surface area (Å²) in [5, 5.41) is 6.02. The molecule has 0 heterocycles. The topological polar surface area (TPSA) is 59.6 Å². The smallest absolute Gasteiger partial charge is 0.244 e. The minimum Gasteiger partial charge on any atom is -0.496 e. The molecule has 162 valence electrons. The van der Waals surface area contributed by atoms with Gasteiger partial charge in [0.15, 0.2) is 0 Å². The van der Waals surface area contributed by atoms with Gasteiger partial charge in [-0.2, -0.15) is 0 Å². The predicted molar refractivity (Wildman–Crippen MR) is 121 cm³/mol. The summed E-state index contributed by atoms with van der Waals surface area (Å²) < 4.78 is 26.0. The quantitative estimate of drug-likeness (QED) is 0.579. The van der Waals surface area contributed by atoms with Crippen LogP contribution in [0.3, 0.4) is 0 Å². The fourth-order valence-corrected chi connectivity index (χ4v) is 3.17. The average Bonchev–Trinajstić information content (AvgIpc) is 2.65. The van der Waals surface area contributed by atoms with Gasteiger partial charge in [-0.05, 0) is 70.5 Å². The van der Waals surface area contributed by atoms with Crippen molar-refractivity contribution in [2.24, 2.45) is 0 Å². The Morgan fingerprint density at radius 3 is 2.17 bits per heavy atom. The van der Waals surface area contributed by atoms with Crippen LogP contribution in [0.25, 0.3) is 16.7 Å². The van der Waals surface area contributed by atoms with Crippen molar-refractivity contribution in [2.75, 3.05) is 19.5 Å². The van der Waals surface area contributed by atoms with Crippen LogP contribution in [0.2, 0.25) is 0 Å². The van der Waals surface area contributed by atoms with Crippen molar-refractivity contribution < 1.29 is 18.7 Å². The molecule has 0 aliphatic rings. The van der Waals surface area contributed by atoms with Crippen molar-refractivity contribution in [3.05, 3.63) is 47.8 Å². The van der Waals surface area contributed by atoms with Crippen molar-refractivity contribution in [3.8, 4) is 22.6 Å². The van der Waals surface area contributed by atoms with Crippen LogP contribution in [0, 0.1) is 5.82 Å². The molecule has 0 unspecified atom stereocenters. The van der Waals surface area contributed by atoms with E-state index in [1.807, 2.05) is 40.7 Å². The number of benzene rings is 2. The van der Waals surface area contributed by atoms with E-state index in [4.69, 9.17) is 9.47 Å². The highest BCUT2D eigenvalue weighted by Gasteiger charge is 2.17. The molecule has 0 saturated heterocycles. The molecule has 0 aliphatic heterocycles. The van der Waals surface area contributed by atoms with Gasteiger partial charge in [-0.3, -0.25) is 4.79 Å². The van der Waals surface area contributed by atoms with Crippen LogP contribution >= 0.6 is 0 Å². The third-order valence-electron chi connectivity index (χ3n) is 4.44. The number of allylic oxidation sites excluding steroid dienone is 1. The van der Waals surface area contributed by atoms with E-state index in [1.165, 1.54) is 19.3 Å². The van der Waals surface area contributed by atoms with Crippen LogP contribution in [0.15, 0.2) is 36.4 Å². The highest BCUT2D eigenvalue weighted by Crippen LogP contribution is 2.40. The van der Waals surface area contributed by atoms with Crippen molar-refractivity contribution in [2.45, 2.75) is 46.7 Å². The van der Waals surface area contributed by atoms with E-state index in [0.29, 0.717) is 39.4 Å². The molecule has 0 saturated carbocycles. The SMILES string of the molecule is COc1cc(-c2ccc(NC(C)C)cc2F)c(OC)cc1/C(C)=C/C(=O)NC(C)C. The summed E-state index contributed by atoms with van der Waals surface area (Å²) in [4.78, 5) is 12.1. The van der Waals surface area contributed by atoms with E-state index in [-0.39, 0.29) is 23.8 Å². The normalized spacial score (nSPS) is 11.6. The number of carbonyl (C=O) groups excluding carboxylic acids is 1. The summed E-state index contributed by atoms with van der Waals surface area (Å²) in [5.74, 6) is 0.469. The monoisotopic (exact) mass is 414 g/mol. The van der Waals surface area contributed by atoms with Crippen molar-refractivity contribution in [1.29, 1.82) is 0 Å². The minimum atomic E-state index is -0.364. The summed E-state index contributed by atoms with van der Waals surface area (Å²) >= 11 is 0. The maximum absolute atomic E-state index is 14.9. The lowest BCUT2D eigenvalue weighted by molar-refractivity contribution is -0.116. The second kappa shape index (κ2) is 10.1. The van der Waals surface area contributed by atoms with Crippen LogP contribution in [0.5, 0.6) is 11.5 Å². The molecule has 0 aromatic heterocycles. The molecule has 0 aliphatic carbocycles. The molecule has 6 heteroatoms. The molecule has 2 N–H and O–H groups in total. The largest absolute Gasteiger partial charge is 0.496 e. The van der Waals surface area contributed by atoms with E-state index < -0.39 is 0 Å². The van der Waals surface area contributed by atoms with Crippen LogP contribution in [-0.2, 0) is 4.79 Å². The van der Waals surface area contributed by atoms with Crippen molar-refractivity contribution in [1.82, 2.24) is 5.32 Å². The molecule has 30 heavy (non-hydrogen) atoms. The van der Waals surface area contributed by atoms with Crippen LogP contribution in [-0.4, -0.2) is 32.2 Å². The first-order valence-corrected chi connectivity index (χ1v) is 9.97. The van der Waals surface area contributed by atoms with Gasteiger partial charge in [-0.15, -0.1) is 0 Å². The third-order valence-corrected chi connectivity index (χ3v) is 4.44. The fraction of sp³-hybridized carbons (Fsp3) is 0.375. The summed E-state index contributed by atoms with van der Waals surface area (Å²) in [7, 11) is 3.08. The number of halogens is 1. The maximum Gasteiger partial charge on any atom is 0.244 e. The Morgan fingerprint density at radius 2 is 1.63 bits per heavy atom. The summed E-state index contributed by atoms with van der Waals surface area (Å²) in [5.41, 5.74) is 3.11. The van der Waals surface area contributed by atoms with Crippen LogP contribution in [0.4, 0.5) is 10.1 Å². The molecule has 2 rings (SSSR count). The number of rotatable bonds is 8. The van der Waals surface area contributed by atoms with Gasteiger partial charge in [0.1, 0.15) is 17.3 Å². The Balaban J connectivity index is 2.52. The van der Waals surface area contributed by atoms with E-state index in [9.17, 15) is 9.18 Å². The molecule has 0 atom stereocenters. The lowest BCUT2D eigenvalue weighted by atomic mass is 9.97. The van der Waals surface area contributed by atoms with E-state index >= 15 is 0 Å². The Morgan fingerprint density at radius 1 is 0.967 bits per heavy atom. The number of carbonyl (C=O) groups is 1. The molecule has 0 fully saturated rings. The van der Waals surface area contributed by atoms with Gasteiger partial charge in [0.25, 0.3) is 0 Å². The van der Waals surface area contributed by atoms with Gasteiger partial charge in [0, 0.05) is 40.5 Å². The number of hydrogen-bond acceptors (Lipinski definition) is 4. The molecule has 0 radical (unpaired) electrons. The molecular formula is C24H31FN2O3.